The molecule has 1 N–H and O–H groups in total. The zero-order chi connectivity index (χ0) is 17.3. The van der Waals surface area contributed by atoms with E-state index in [1.165, 1.54) is 23.1 Å². The Bertz CT molecular complexity index is 889. The predicted octanol–water partition coefficient (Wildman–Crippen LogP) is 3.52. The summed E-state index contributed by atoms with van der Waals surface area (Å²) in [5, 5.41) is 3.48. The van der Waals surface area contributed by atoms with Gasteiger partial charge >= 0.3 is 0 Å². The van der Waals surface area contributed by atoms with Crippen molar-refractivity contribution in [2.24, 2.45) is 0 Å². The Morgan fingerprint density at radius 2 is 2.29 bits per heavy atom. The van der Waals surface area contributed by atoms with Gasteiger partial charge in [-0.3, -0.25) is 9.20 Å². The number of benzene rings is 1. The summed E-state index contributed by atoms with van der Waals surface area (Å²) in [6.45, 7) is 6.64. The molecule has 5 nitrogen and oxygen atoms in total. The number of aromatic nitrogens is 2. The molecule has 0 bridgehead atoms. The SMILES string of the molecule is CCOC=O.Cc1nc2sc3c(Cl)c(F)ccc3n2c1C1CNC1. The third kappa shape index (κ3) is 2.87. The van der Waals surface area contributed by atoms with Gasteiger partial charge in [0.1, 0.15) is 5.82 Å². The molecule has 1 aliphatic rings. The highest BCUT2D eigenvalue weighted by molar-refractivity contribution is 7.24. The molecule has 4 rings (SSSR count). The third-order valence-electron chi connectivity index (χ3n) is 3.93. The van der Waals surface area contributed by atoms with Gasteiger partial charge in [0.15, 0.2) is 4.96 Å². The van der Waals surface area contributed by atoms with E-state index in [9.17, 15) is 9.18 Å². The maximum absolute atomic E-state index is 13.5. The Morgan fingerprint density at radius 3 is 2.83 bits per heavy atom. The van der Waals surface area contributed by atoms with Crippen LogP contribution in [0.3, 0.4) is 0 Å². The molecule has 128 valence electrons. The van der Waals surface area contributed by atoms with E-state index in [2.05, 4.69) is 19.4 Å². The average molecular weight is 370 g/mol. The van der Waals surface area contributed by atoms with Crippen molar-refractivity contribution in [3.63, 3.8) is 0 Å². The quantitative estimate of drug-likeness (QED) is 0.718. The Hall–Kier alpha value is -1.70. The number of halogens is 2. The molecule has 1 fully saturated rings. The molecule has 0 unspecified atom stereocenters. The molecule has 1 aliphatic heterocycles. The van der Waals surface area contributed by atoms with Crippen molar-refractivity contribution in [3.05, 3.63) is 34.4 Å². The van der Waals surface area contributed by atoms with Crippen molar-refractivity contribution in [1.29, 1.82) is 0 Å². The number of hydrogen-bond donors (Lipinski definition) is 1. The summed E-state index contributed by atoms with van der Waals surface area (Å²) in [5.41, 5.74) is 3.23. The van der Waals surface area contributed by atoms with Crippen molar-refractivity contribution < 1.29 is 13.9 Å². The van der Waals surface area contributed by atoms with E-state index in [0.717, 1.165) is 34.0 Å². The van der Waals surface area contributed by atoms with Gasteiger partial charge in [0.2, 0.25) is 0 Å². The van der Waals surface area contributed by atoms with Crippen LogP contribution in [-0.4, -0.2) is 35.6 Å². The molecule has 3 aromatic rings. The van der Waals surface area contributed by atoms with Gasteiger partial charge in [-0.15, -0.1) is 0 Å². The Labute approximate surface area is 147 Å². The minimum Gasteiger partial charge on any atom is -0.468 e. The number of nitrogens with zero attached hydrogens (tertiary/aromatic N) is 2. The first-order valence-electron chi connectivity index (χ1n) is 7.59. The molecule has 0 spiro atoms. The van der Waals surface area contributed by atoms with Crippen molar-refractivity contribution >= 4 is 44.6 Å². The minimum absolute atomic E-state index is 0.198. The second kappa shape index (κ2) is 7.04. The summed E-state index contributed by atoms with van der Waals surface area (Å²) in [4.78, 5) is 14.7. The summed E-state index contributed by atoms with van der Waals surface area (Å²) in [6, 6.07) is 3.21. The van der Waals surface area contributed by atoms with Crippen LogP contribution in [0.5, 0.6) is 0 Å². The summed E-state index contributed by atoms with van der Waals surface area (Å²) in [5.74, 6) is 0.110. The summed E-state index contributed by atoms with van der Waals surface area (Å²) < 4.78 is 20.6. The molecule has 3 heterocycles. The number of hydrogen-bond acceptors (Lipinski definition) is 5. The molecule has 0 amide bonds. The first-order chi connectivity index (χ1) is 11.6. The monoisotopic (exact) mass is 369 g/mol. The summed E-state index contributed by atoms with van der Waals surface area (Å²) >= 11 is 7.50. The van der Waals surface area contributed by atoms with Gasteiger partial charge in [0.25, 0.3) is 6.47 Å². The molecule has 0 radical (unpaired) electrons. The first-order valence-corrected chi connectivity index (χ1v) is 8.79. The Kier molecular flexibility index (Phi) is 5.03. The highest BCUT2D eigenvalue weighted by atomic mass is 35.5. The summed E-state index contributed by atoms with van der Waals surface area (Å²) in [6.07, 6.45) is 0. The number of ether oxygens (including phenoxy) is 1. The van der Waals surface area contributed by atoms with Gasteiger partial charge in [-0.2, -0.15) is 0 Å². The highest BCUT2D eigenvalue weighted by Gasteiger charge is 2.27. The van der Waals surface area contributed by atoms with E-state index in [-0.39, 0.29) is 10.8 Å². The van der Waals surface area contributed by atoms with Crippen LogP contribution in [0.25, 0.3) is 15.2 Å². The number of imidazole rings is 1. The zero-order valence-electron chi connectivity index (χ0n) is 13.3. The van der Waals surface area contributed by atoms with Crippen LogP contribution >= 0.6 is 22.9 Å². The fraction of sp³-hybridized carbons (Fsp3) is 0.375. The van der Waals surface area contributed by atoms with Gasteiger partial charge in [-0.05, 0) is 26.0 Å². The Morgan fingerprint density at radius 1 is 1.54 bits per heavy atom. The van der Waals surface area contributed by atoms with E-state index >= 15 is 0 Å². The molecule has 1 saturated heterocycles. The second-order valence-electron chi connectivity index (χ2n) is 5.42. The Balaban J connectivity index is 0.000000300. The van der Waals surface area contributed by atoms with Crippen LogP contribution in [0.15, 0.2) is 12.1 Å². The number of fused-ring (bicyclic) bond motifs is 3. The van der Waals surface area contributed by atoms with E-state index in [1.807, 2.05) is 6.92 Å². The molecule has 0 saturated carbocycles. The van der Waals surface area contributed by atoms with Crippen LogP contribution in [0, 0.1) is 12.7 Å². The highest BCUT2D eigenvalue weighted by Crippen LogP contribution is 2.37. The fourth-order valence-corrected chi connectivity index (χ4v) is 4.11. The fourth-order valence-electron chi connectivity index (χ4n) is 2.73. The van der Waals surface area contributed by atoms with Crippen LogP contribution in [0.1, 0.15) is 24.2 Å². The van der Waals surface area contributed by atoms with E-state index < -0.39 is 0 Å². The smallest absolute Gasteiger partial charge is 0.293 e. The van der Waals surface area contributed by atoms with Crippen LogP contribution in [0.4, 0.5) is 4.39 Å². The first kappa shape index (κ1) is 17.1. The van der Waals surface area contributed by atoms with E-state index in [0.29, 0.717) is 19.0 Å². The number of carbonyl (C=O) groups excluding carboxylic acids is 1. The molecule has 2 aromatic heterocycles. The largest absolute Gasteiger partial charge is 0.468 e. The topological polar surface area (TPSA) is 55.6 Å². The molecule has 24 heavy (non-hydrogen) atoms. The van der Waals surface area contributed by atoms with Gasteiger partial charge in [0, 0.05) is 19.0 Å². The number of rotatable bonds is 3. The van der Waals surface area contributed by atoms with Crippen molar-refractivity contribution in [3.8, 4) is 0 Å². The lowest BCUT2D eigenvalue weighted by atomic mass is 9.98. The zero-order valence-corrected chi connectivity index (χ0v) is 14.9. The molecule has 1 aromatic carbocycles. The van der Waals surface area contributed by atoms with Gasteiger partial charge in [-0.25, -0.2) is 9.37 Å². The average Bonchev–Trinajstić information content (AvgIpc) is 3.00. The molecule has 0 aliphatic carbocycles. The number of nitrogens with one attached hydrogen (secondary N) is 1. The predicted molar refractivity (Wildman–Crippen MR) is 93.6 cm³/mol. The standard InChI is InChI=1S/C13H11ClFN3S.C3H6O2/c1-6-11(7-4-16-5-7)18-9-3-2-8(15)10(14)12(9)19-13(18)17-6;1-2-5-3-4/h2-3,7,16H,4-5H2,1H3;3H,2H2,1H3. The number of thiazole rings is 1. The lowest BCUT2D eigenvalue weighted by Gasteiger charge is -2.27. The lowest BCUT2D eigenvalue weighted by Crippen LogP contribution is -2.40. The van der Waals surface area contributed by atoms with Crippen molar-refractivity contribution in [2.75, 3.05) is 19.7 Å². The second-order valence-corrected chi connectivity index (χ2v) is 6.77. The molecular formula is C16H17ClFN3O2S. The maximum Gasteiger partial charge on any atom is 0.293 e. The van der Waals surface area contributed by atoms with Crippen LogP contribution in [-0.2, 0) is 9.53 Å². The molecular weight excluding hydrogens is 353 g/mol. The van der Waals surface area contributed by atoms with E-state index in [1.54, 1.807) is 13.0 Å². The van der Waals surface area contributed by atoms with Crippen LogP contribution in [0.2, 0.25) is 5.02 Å². The van der Waals surface area contributed by atoms with Gasteiger partial charge in [-0.1, -0.05) is 22.9 Å². The molecule has 0 atom stereocenters. The van der Waals surface area contributed by atoms with Crippen molar-refractivity contribution in [1.82, 2.24) is 14.7 Å². The van der Waals surface area contributed by atoms with Gasteiger partial charge in [0.05, 0.1) is 33.2 Å². The number of aryl methyl sites for hydroxylation is 1. The lowest BCUT2D eigenvalue weighted by molar-refractivity contribution is -0.128. The normalized spacial score (nSPS) is 14.3. The maximum atomic E-state index is 13.5. The van der Waals surface area contributed by atoms with Gasteiger partial charge < -0.3 is 10.1 Å². The molecule has 8 heteroatoms. The number of carbonyl (C=O) groups is 1. The van der Waals surface area contributed by atoms with Crippen molar-refractivity contribution in [2.45, 2.75) is 19.8 Å². The van der Waals surface area contributed by atoms with E-state index in [4.69, 9.17) is 11.6 Å². The van der Waals surface area contributed by atoms with Crippen LogP contribution < -0.4 is 5.32 Å². The minimum atomic E-state index is -0.373. The summed E-state index contributed by atoms with van der Waals surface area (Å²) in [7, 11) is 0. The third-order valence-corrected chi connectivity index (χ3v) is 5.49.